The number of nitrogens with one attached hydrogen (secondary N) is 1. The van der Waals surface area contributed by atoms with Crippen LogP contribution in [0, 0.1) is 0 Å². The number of hydrogen-bond acceptors (Lipinski definition) is 1. The SMILES string of the molecule is C=C(Br)CNC(C)CCCCCCC. The van der Waals surface area contributed by atoms with Crippen molar-refractivity contribution >= 4 is 15.9 Å². The molecule has 0 amide bonds. The summed E-state index contributed by atoms with van der Waals surface area (Å²) in [5.74, 6) is 0. The van der Waals surface area contributed by atoms with Gasteiger partial charge in [0.2, 0.25) is 0 Å². The van der Waals surface area contributed by atoms with Gasteiger partial charge in [-0.25, -0.2) is 0 Å². The van der Waals surface area contributed by atoms with Crippen LogP contribution in [0.5, 0.6) is 0 Å². The second-order valence-corrected chi connectivity index (χ2v) is 5.12. The quantitative estimate of drug-likeness (QED) is 0.613. The molecule has 1 nitrogen and oxygen atoms in total. The van der Waals surface area contributed by atoms with Crippen molar-refractivity contribution in [2.45, 2.75) is 58.4 Å². The molecule has 0 spiro atoms. The van der Waals surface area contributed by atoms with Crippen LogP contribution in [0.4, 0.5) is 0 Å². The van der Waals surface area contributed by atoms with Crippen LogP contribution in [0.15, 0.2) is 11.1 Å². The summed E-state index contributed by atoms with van der Waals surface area (Å²) in [4.78, 5) is 0. The molecule has 0 aliphatic heterocycles. The van der Waals surface area contributed by atoms with Crippen molar-refractivity contribution in [1.29, 1.82) is 0 Å². The topological polar surface area (TPSA) is 12.0 Å². The van der Waals surface area contributed by atoms with Crippen LogP contribution in [0.25, 0.3) is 0 Å². The van der Waals surface area contributed by atoms with Crippen molar-refractivity contribution in [3.05, 3.63) is 11.1 Å². The average molecular weight is 262 g/mol. The Morgan fingerprint density at radius 1 is 1.29 bits per heavy atom. The molecule has 0 heterocycles. The van der Waals surface area contributed by atoms with Gasteiger partial charge >= 0.3 is 0 Å². The molecule has 0 saturated carbocycles. The Bertz CT molecular complexity index is 145. The molecule has 0 fully saturated rings. The van der Waals surface area contributed by atoms with E-state index in [0.29, 0.717) is 6.04 Å². The molecule has 1 N–H and O–H groups in total. The van der Waals surface area contributed by atoms with Crippen LogP contribution in [0.3, 0.4) is 0 Å². The van der Waals surface area contributed by atoms with Crippen molar-refractivity contribution in [2.24, 2.45) is 0 Å². The smallest absolute Gasteiger partial charge is 0.0268 e. The Balaban J connectivity index is 3.18. The van der Waals surface area contributed by atoms with E-state index in [-0.39, 0.29) is 0 Å². The van der Waals surface area contributed by atoms with Gasteiger partial charge in [-0.15, -0.1) is 0 Å². The fourth-order valence-electron chi connectivity index (χ4n) is 1.44. The average Bonchev–Trinajstić information content (AvgIpc) is 2.14. The number of hydrogen-bond donors (Lipinski definition) is 1. The van der Waals surface area contributed by atoms with Gasteiger partial charge in [0.25, 0.3) is 0 Å². The first-order valence-corrected chi connectivity index (χ1v) is 6.52. The van der Waals surface area contributed by atoms with E-state index >= 15 is 0 Å². The van der Waals surface area contributed by atoms with E-state index in [9.17, 15) is 0 Å². The summed E-state index contributed by atoms with van der Waals surface area (Å²) >= 11 is 3.35. The molecule has 1 unspecified atom stereocenters. The number of rotatable bonds is 9. The first-order valence-electron chi connectivity index (χ1n) is 5.73. The first-order chi connectivity index (χ1) is 6.66. The van der Waals surface area contributed by atoms with E-state index in [1.807, 2.05) is 0 Å². The number of unbranched alkanes of at least 4 members (excludes halogenated alkanes) is 4. The zero-order chi connectivity index (χ0) is 10.8. The Hall–Kier alpha value is 0.180. The zero-order valence-corrected chi connectivity index (χ0v) is 11.2. The summed E-state index contributed by atoms with van der Waals surface area (Å²) in [6.45, 7) is 9.19. The van der Waals surface area contributed by atoms with Crippen molar-refractivity contribution < 1.29 is 0 Å². The first kappa shape index (κ1) is 14.2. The molecule has 0 aliphatic carbocycles. The molecule has 0 aliphatic rings. The van der Waals surface area contributed by atoms with Gasteiger partial charge in [0.05, 0.1) is 0 Å². The Morgan fingerprint density at radius 3 is 2.50 bits per heavy atom. The monoisotopic (exact) mass is 261 g/mol. The predicted octanol–water partition coefficient (Wildman–Crippen LogP) is 4.23. The lowest BCUT2D eigenvalue weighted by Gasteiger charge is -2.12. The fraction of sp³-hybridized carbons (Fsp3) is 0.833. The van der Waals surface area contributed by atoms with Crippen LogP contribution in [-0.2, 0) is 0 Å². The van der Waals surface area contributed by atoms with Crippen molar-refractivity contribution in [3.8, 4) is 0 Å². The highest BCUT2D eigenvalue weighted by Gasteiger charge is 2.00. The minimum Gasteiger partial charge on any atom is -0.310 e. The van der Waals surface area contributed by atoms with Crippen LogP contribution < -0.4 is 5.32 Å². The van der Waals surface area contributed by atoms with E-state index in [1.165, 1.54) is 38.5 Å². The molecule has 0 rings (SSSR count). The lowest BCUT2D eigenvalue weighted by molar-refractivity contribution is 0.498. The molecule has 1 atom stereocenters. The lowest BCUT2D eigenvalue weighted by Crippen LogP contribution is -2.26. The zero-order valence-electron chi connectivity index (χ0n) is 9.61. The highest BCUT2D eigenvalue weighted by Crippen LogP contribution is 2.07. The minimum atomic E-state index is 0.617. The highest BCUT2D eigenvalue weighted by atomic mass is 79.9. The summed E-state index contributed by atoms with van der Waals surface area (Å²) in [5.41, 5.74) is 0. The molecule has 0 radical (unpaired) electrons. The molecule has 0 aromatic carbocycles. The molecule has 0 aromatic rings. The maximum absolute atomic E-state index is 3.80. The molecule has 14 heavy (non-hydrogen) atoms. The Kier molecular flexibility index (Phi) is 9.85. The lowest BCUT2D eigenvalue weighted by atomic mass is 10.1. The Morgan fingerprint density at radius 2 is 1.93 bits per heavy atom. The van der Waals surface area contributed by atoms with Crippen LogP contribution in [-0.4, -0.2) is 12.6 Å². The van der Waals surface area contributed by atoms with Crippen molar-refractivity contribution in [3.63, 3.8) is 0 Å². The Labute approximate surface area is 97.5 Å². The molecule has 0 aromatic heterocycles. The second kappa shape index (κ2) is 9.72. The molecular formula is C12H24BrN. The minimum absolute atomic E-state index is 0.617. The van der Waals surface area contributed by atoms with Gasteiger partial charge < -0.3 is 5.32 Å². The third-order valence-electron chi connectivity index (χ3n) is 2.38. The normalized spacial score (nSPS) is 12.8. The molecule has 2 heteroatoms. The standard InChI is InChI=1S/C12H24BrN/c1-4-5-6-7-8-9-12(3)14-10-11(2)13/h12,14H,2,4-10H2,1,3H3. The summed E-state index contributed by atoms with van der Waals surface area (Å²) in [6.07, 6.45) is 8.13. The van der Waals surface area contributed by atoms with E-state index < -0.39 is 0 Å². The highest BCUT2D eigenvalue weighted by molar-refractivity contribution is 9.11. The van der Waals surface area contributed by atoms with Gasteiger partial charge in [0.1, 0.15) is 0 Å². The fourth-order valence-corrected chi connectivity index (χ4v) is 1.60. The molecular weight excluding hydrogens is 238 g/mol. The van der Waals surface area contributed by atoms with Crippen molar-refractivity contribution in [2.75, 3.05) is 6.54 Å². The van der Waals surface area contributed by atoms with Gasteiger partial charge in [0.15, 0.2) is 0 Å². The second-order valence-electron chi connectivity index (χ2n) is 4.00. The van der Waals surface area contributed by atoms with E-state index in [0.717, 1.165) is 11.0 Å². The van der Waals surface area contributed by atoms with Gasteiger partial charge in [-0.2, -0.15) is 0 Å². The molecule has 0 bridgehead atoms. The van der Waals surface area contributed by atoms with Gasteiger partial charge in [-0.3, -0.25) is 0 Å². The van der Waals surface area contributed by atoms with E-state index in [4.69, 9.17) is 0 Å². The van der Waals surface area contributed by atoms with E-state index in [1.54, 1.807) is 0 Å². The van der Waals surface area contributed by atoms with Gasteiger partial charge in [0, 0.05) is 17.1 Å². The number of halogens is 1. The summed E-state index contributed by atoms with van der Waals surface area (Å²) in [5, 5.41) is 3.43. The maximum atomic E-state index is 3.80. The molecule has 0 saturated heterocycles. The largest absolute Gasteiger partial charge is 0.310 e. The third kappa shape index (κ3) is 10.3. The summed E-state index contributed by atoms with van der Waals surface area (Å²) in [7, 11) is 0. The molecule has 84 valence electrons. The summed E-state index contributed by atoms with van der Waals surface area (Å²) < 4.78 is 1.04. The predicted molar refractivity (Wildman–Crippen MR) is 68.9 cm³/mol. The van der Waals surface area contributed by atoms with Crippen molar-refractivity contribution in [1.82, 2.24) is 5.32 Å². The van der Waals surface area contributed by atoms with Gasteiger partial charge in [-0.05, 0) is 13.3 Å². The van der Waals surface area contributed by atoms with Crippen LogP contribution in [0.2, 0.25) is 0 Å². The third-order valence-corrected chi connectivity index (χ3v) is 2.66. The van der Waals surface area contributed by atoms with Crippen LogP contribution in [0.1, 0.15) is 52.4 Å². The maximum Gasteiger partial charge on any atom is 0.0268 e. The van der Waals surface area contributed by atoms with E-state index in [2.05, 4.69) is 41.7 Å². The van der Waals surface area contributed by atoms with Crippen LogP contribution >= 0.6 is 15.9 Å². The summed E-state index contributed by atoms with van der Waals surface area (Å²) in [6, 6.07) is 0.617. The van der Waals surface area contributed by atoms with Gasteiger partial charge in [-0.1, -0.05) is 61.5 Å².